The number of benzene rings is 3. The molecule has 104 valence electrons. The van der Waals surface area contributed by atoms with Gasteiger partial charge in [-0.25, -0.2) is 0 Å². The molecule has 1 nitrogen and oxygen atoms in total. The van der Waals surface area contributed by atoms with E-state index in [-0.39, 0.29) is 0 Å². The normalized spacial score (nSPS) is 10.7. The molecule has 4 rings (SSSR count). The highest BCUT2D eigenvalue weighted by atomic mass is 14.6. The van der Waals surface area contributed by atoms with Crippen molar-refractivity contribution in [3.05, 3.63) is 91.1 Å². The molecule has 0 aliphatic carbocycles. The average molecular weight is 281 g/mol. The molecule has 0 N–H and O–H groups in total. The molecular formula is C21H15N. The first-order valence-corrected chi connectivity index (χ1v) is 7.41. The molecule has 0 aliphatic rings. The lowest BCUT2D eigenvalue weighted by Gasteiger charge is -2.10. The molecule has 0 bridgehead atoms. The van der Waals surface area contributed by atoms with Crippen molar-refractivity contribution in [3.8, 4) is 22.3 Å². The molecule has 1 aromatic heterocycles. The van der Waals surface area contributed by atoms with Crippen molar-refractivity contribution in [2.75, 3.05) is 0 Å². The van der Waals surface area contributed by atoms with Gasteiger partial charge < -0.3 is 0 Å². The summed E-state index contributed by atoms with van der Waals surface area (Å²) in [5, 5.41) is 1.17. The van der Waals surface area contributed by atoms with Crippen LogP contribution in [0.5, 0.6) is 0 Å². The van der Waals surface area contributed by atoms with Crippen LogP contribution in [0.15, 0.2) is 91.1 Å². The van der Waals surface area contributed by atoms with Gasteiger partial charge in [-0.2, -0.15) is 0 Å². The van der Waals surface area contributed by atoms with Gasteiger partial charge in [-0.3, -0.25) is 4.98 Å². The lowest BCUT2D eigenvalue weighted by Crippen LogP contribution is -1.87. The van der Waals surface area contributed by atoms with Gasteiger partial charge >= 0.3 is 0 Å². The number of aromatic nitrogens is 1. The van der Waals surface area contributed by atoms with Gasteiger partial charge in [0, 0.05) is 17.1 Å². The lowest BCUT2D eigenvalue weighted by atomic mass is 9.96. The minimum Gasteiger partial charge on any atom is -0.256 e. The minimum atomic E-state index is 1.05. The number of pyridine rings is 1. The van der Waals surface area contributed by atoms with E-state index in [0.29, 0.717) is 0 Å². The zero-order valence-corrected chi connectivity index (χ0v) is 12.1. The minimum absolute atomic E-state index is 1.05. The van der Waals surface area contributed by atoms with E-state index in [1.54, 1.807) is 0 Å². The monoisotopic (exact) mass is 281 g/mol. The van der Waals surface area contributed by atoms with Crippen LogP contribution in [0, 0.1) is 0 Å². The highest BCUT2D eigenvalue weighted by molar-refractivity contribution is 5.97. The van der Waals surface area contributed by atoms with Gasteiger partial charge in [-0.1, -0.05) is 66.7 Å². The Morgan fingerprint density at radius 3 is 1.95 bits per heavy atom. The van der Waals surface area contributed by atoms with Crippen LogP contribution in [0.4, 0.5) is 0 Å². The fraction of sp³-hybridized carbons (Fsp3) is 0. The quantitative estimate of drug-likeness (QED) is 0.468. The summed E-state index contributed by atoms with van der Waals surface area (Å²) < 4.78 is 0. The van der Waals surface area contributed by atoms with E-state index in [2.05, 4.69) is 71.7 Å². The number of hydrogen-bond acceptors (Lipinski definition) is 1. The number of rotatable bonds is 2. The van der Waals surface area contributed by atoms with E-state index in [4.69, 9.17) is 0 Å². The maximum Gasteiger partial charge on any atom is 0.0780 e. The Kier molecular flexibility index (Phi) is 3.17. The van der Waals surface area contributed by atoms with Crippen molar-refractivity contribution >= 4 is 10.9 Å². The van der Waals surface area contributed by atoms with Crippen molar-refractivity contribution in [1.29, 1.82) is 0 Å². The zero-order chi connectivity index (χ0) is 14.8. The third kappa shape index (κ3) is 2.27. The van der Waals surface area contributed by atoms with Gasteiger partial charge in [0.05, 0.1) is 5.52 Å². The summed E-state index contributed by atoms with van der Waals surface area (Å²) >= 11 is 0. The van der Waals surface area contributed by atoms with Crippen molar-refractivity contribution in [2.24, 2.45) is 0 Å². The van der Waals surface area contributed by atoms with Crippen LogP contribution < -0.4 is 0 Å². The van der Waals surface area contributed by atoms with Gasteiger partial charge in [0.15, 0.2) is 0 Å². The zero-order valence-electron chi connectivity index (χ0n) is 12.1. The highest BCUT2D eigenvalue weighted by Gasteiger charge is 2.08. The van der Waals surface area contributed by atoms with E-state index in [9.17, 15) is 0 Å². The maximum absolute atomic E-state index is 4.59. The van der Waals surface area contributed by atoms with Gasteiger partial charge in [-0.15, -0.1) is 0 Å². The van der Waals surface area contributed by atoms with Gasteiger partial charge in [0.2, 0.25) is 0 Å². The van der Waals surface area contributed by atoms with Gasteiger partial charge in [-0.05, 0) is 34.9 Å². The second kappa shape index (κ2) is 5.45. The SMILES string of the molecule is c1ccc(-c2cc(-c3ccccc3)c3ncccc3c2)cc1. The van der Waals surface area contributed by atoms with Crippen LogP contribution in [-0.4, -0.2) is 4.98 Å². The molecule has 0 radical (unpaired) electrons. The first kappa shape index (κ1) is 12.8. The molecule has 0 unspecified atom stereocenters. The Morgan fingerprint density at radius 2 is 1.23 bits per heavy atom. The number of hydrogen-bond donors (Lipinski definition) is 0. The standard InChI is InChI=1S/C21H15N/c1-3-8-16(9-4-1)19-14-18-12-7-13-22-21(18)20(15-19)17-10-5-2-6-11-17/h1-15H. The number of nitrogens with zero attached hydrogens (tertiary/aromatic N) is 1. The van der Waals surface area contributed by atoms with E-state index in [1.807, 2.05) is 24.4 Å². The summed E-state index contributed by atoms with van der Waals surface area (Å²) in [5.74, 6) is 0. The molecule has 1 heteroatoms. The van der Waals surface area contributed by atoms with E-state index in [1.165, 1.54) is 27.6 Å². The Morgan fingerprint density at radius 1 is 0.545 bits per heavy atom. The van der Waals surface area contributed by atoms with Gasteiger partial charge in [0.25, 0.3) is 0 Å². The molecule has 0 fully saturated rings. The molecule has 3 aromatic carbocycles. The summed E-state index contributed by atoms with van der Waals surface area (Å²) in [6.07, 6.45) is 1.86. The molecule has 1 heterocycles. The average Bonchev–Trinajstić information content (AvgIpc) is 2.62. The molecule has 0 saturated carbocycles. The highest BCUT2D eigenvalue weighted by Crippen LogP contribution is 2.32. The third-order valence-electron chi connectivity index (χ3n) is 3.90. The lowest BCUT2D eigenvalue weighted by molar-refractivity contribution is 1.41. The molecular weight excluding hydrogens is 266 g/mol. The van der Waals surface area contributed by atoms with Crippen LogP contribution in [0.25, 0.3) is 33.2 Å². The predicted molar refractivity (Wildman–Crippen MR) is 92.6 cm³/mol. The van der Waals surface area contributed by atoms with Crippen LogP contribution in [0.1, 0.15) is 0 Å². The van der Waals surface area contributed by atoms with Crippen molar-refractivity contribution < 1.29 is 0 Å². The summed E-state index contributed by atoms with van der Waals surface area (Å²) in [7, 11) is 0. The Labute approximate surface area is 129 Å². The predicted octanol–water partition coefficient (Wildman–Crippen LogP) is 5.57. The Hall–Kier alpha value is -2.93. The number of fused-ring (bicyclic) bond motifs is 1. The molecule has 22 heavy (non-hydrogen) atoms. The molecule has 0 spiro atoms. The van der Waals surface area contributed by atoms with Crippen LogP contribution >= 0.6 is 0 Å². The first-order valence-electron chi connectivity index (χ1n) is 7.41. The fourth-order valence-electron chi connectivity index (χ4n) is 2.83. The van der Waals surface area contributed by atoms with E-state index < -0.39 is 0 Å². The Bertz CT molecular complexity index is 912. The summed E-state index contributed by atoms with van der Waals surface area (Å²) in [5.41, 5.74) is 5.88. The summed E-state index contributed by atoms with van der Waals surface area (Å²) in [4.78, 5) is 4.59. The molecule has 0 aliphatic heterocycles. The fourth-order valence-corrected chi connectivity index (χ4v) is 2.83. The van der Waals surface area contributed by atoms with Crippen LogP contribution in [0.2, 0.25) is 0 Å². The third-order valence-corrected chi connectivity index (χ3v) is 3.90. The van der Waals surface area contributed by atoms with Gasteiger partial charge in [0.1, 0.15) is 0 Å². The van der Waals surface area contributed by atoms with E-state index >= 15 is 0 Å². The molecule has 4 aromatic rings. The molecule has 0 atom stereocenters. The first-order chi connectivity index (χ1) is 10.9. The second-order valence-corrected chi connectivity index (χ2v) is 5.33. The maximum atomic E-state index is 4.59. The summed E-state index contributed by atoms with van der Waals surface area (Å²) in [6, 6.07) is 29.5. The van der Waals surface area contributed by atoms with Crippen molar-refractivity contribution in [3.63, 3.8) is 0 Å². The van der Waals surface area contributed by atoms with E-state index in [0.717, 1.165) is 5.52 Å². The van der Waals surface area contributed by atoms with Crippen LogP contribution in [-0.2, 0) is 0 Å². The second-order valence-electron chi connectivity index (χ2n) is 5.33. The smallest absolute Gasteiger partial charge is 0.0780 e. The topological polar surface area (TPSA) is 12.9 Å². The molecule has 0 saturated heterocycles. The van der Waals surface area contributed by atoms with Crippen molar-refractivity contribution in [2.45, 2.75) is 0 Å². The van der Waals surface area contributed by atoms with Crippen molar-refractivity contribution in [1.82, 2.24) is 4.98 Å². The summed E-state index contributed by atoms with van der Waals surface area (Å²) in [6.45, 7) is 0. The van der Waals surface area contributed by atoms with Crippen LogP contribution in [0.3, 0.4) is 0 Å². The molecule has 0 amide bonds. The Balaban J connectivity index is 2.02. The largest absolute Gasteiger partial charge is 0.256 e.